The molecule has 0 aliphatic rings. The third-order valence-corrected chi connectivity index (χ3v) is 4.76. The van der Waals surface area contributed by atoms with Gasteiger partial charge in [-0.1, -0.05) is 35.0 Å². The predicted molar refractivity (Wildman–Crippen MR) is 118 cm³/mol. The van der Waals surface area contributed by atoms with Gasteiger partial charge in [0.2, 0.25) is 0 Å². The smallest absolute Gasteiger partial charge is 0.395 e. The van der Waals surface area contributed by atoms with Crippen LogP contribution in [-0.4, -0.2) is 32.0 Å². The Bertz CT molecular complexity index is 1080. The molecular weight excluding hydrogens is 463 g/mol. The molecule has 0 spiro atoms. The van der Waals surface area contributed by atoms with Crippen LogP contribution in [0.5, 0.6) is 5.75 Å². The summed E-state index contributed by atoms with van der Waals surface area (Å²) in [5.74, 6) is -2.49. The van der Waals surface area contributed by atoms with Crippen molar-refractivity contribution in [2.45, 2.75) is 33.5 Å². The van der Waals surface area contributed by atoms with Crippen molar-refractivity contribution < 1.29 is 37.0 Å². The zero-order valence-corrected chi connectivity index (χ0v) is 19.4. The lowest BCUT2D eigenvalue weighted by Gasteiger charge is -2.17. The Morgan fingerprint density at radius 2 is 1.88 bits per heavy atom. The first kappa shape index (κ1) is 26.1. The second-order valence-corrected chi connectivity index (χ2v) is 7.37. The molecule has 0 saturated carbocycles. The van der Waals surface area contributed by atoms with Crippen molar-refractivity contribution in [2.75, 3.05) is 14.2 Å². The lowest BCUT2D eigenvalue weighted by molar-refractivity contribution is -0.160. The van der Waals surface area contributed by atoms with E-state index in [1.165, 1.54) is 39.5 Å². The molecule has 0 N–H and O–H groups in total. The van der Waals surface area contributed by atoms with Gasteiger partial charge in [0.05, 0.1) is 31.2 Å². The molecule has 0 aliphatic carbocycles. The van der Waals surface area contributed by atoms with Crippen LogP contribution in [0.25, 0.3) is 5.57 Å². The van der Waals surface area contributed by atoms with Crippen LogP contribution in [0.1, 0.15) is 36.1 Å². The average Bonchev–Trinajstić information content (AvgIpc) is 2.75. The molecule has 33 heavy (non-hydrogen) atoms. The second kappa shape index (κ2) is 11.1. The van der Waals surface area contributed by atoms with Crippen molar-refractivity contribution >= 4 is 28.9 Å². The number of halogens is 4. The number of oxime groups is 1. The van der Waals surface area contributed by atoms with Crippen LogP contribution in [0.4, 0.5) is 13.2 Å². The first-order chi connectivity index (χ1) is 15.5. The highest BCUT2D eigenvalue weighted by molar-refractivity contribution is 6.31. The van der Waals surface area contributed by atoms with Crippen molar-refractivity contribution in [2.24, 2.45) is 5.16 Å². The van der Waals surface area contributed by atoms with Crippen LogP contribution in [-0.2, 0) is 25.7 Å². The zero-order chi connectivity index (χ0) is 24.8. The largest absolute Gasteiger partial charge is 0.503 e. The fraction of sp³-hybridized carbons (Fsp3) is 0.304. The van der Waals surface area contributed by atoms with Gasteiger partial charge in [-0.05, 0) is 37.1 Å². The molecule has 2 aromatic carbocycles. The number of esters is 1. The van der Waals surface area contributed by atoms with Crippen molar-refractivity contribution in [1.82, 2.24) is 0 Å². The van der Waals surface area contributed by atoms with E-state index in [-0.39, 0.29) is 28.5 Å². The summed E-state index contributed by atoms with van der Waals surface area (Å²) in [6.07, 6.45) is -2.39. The number of rotatable bonds is 9. The van der Waals surface area contributed by atoms with Gasteiger partial charge in [-0.15, -0.1) is 0 Å². The standard InChI is InChI=1S/C23H23ClF3NO5/c1-13-7-6-8-16(18(11-30-4)22(29)31-5)17(13)12-32-28-14(2)15-9-10-19(24)20(25)21(15)33-23(3,26)27/h6-11H,12H2,1-5H3/b18-11+,28-14+. The number of ether oxygens (including phenoxy) is 3. The van der Waals surface area contributed by atoms with E-state index in [9.17, 15) is 18.0 Å². The van der Waals surface area contributed by atoms with E-state index < -0.39 is 23.6 Å². The van der Waals surface area contributed by atoms with E-state index in [1.807, 2.05) is 13.0 Å². The summed E-state index contributed by atoms with van der Waals surface area (Å²) in [4.78, 5) is 17.6. The molecule has 0 atom stereocenters. The normalized spacial score (nSPS) is 12.4. The van der Waals surface area contributed by atoms with E-state index in [0.29, 0.717) is 18.1 Å². The average molecular weight is 486 g/mol. The maximum atomic E-state index is 14.4. The van der Waals surface area contributed by atoms with Gasteiger partial charge < -0.3 is 19.0 Å². The monoisotopic (exact) mass is 485 g/mol. The lowest BCUT2D eigenvalue weighted by Crippen LogP contribution is -2.21. The Hall–Kier alpha value is -3.20. The fourth-order valence-corrected chi connectivity index (χ4v) is 3.08. The maximum absolute atomic E-state index is 14.4. The van der Waals surface area contributed by atoms with Gasteiger partial charge in [0, 0.05) is 18.1 Å². The minimum Gasteiger partial charge on any atom is -0.503 e. The third-order valence-electron chi connectivity index (χ3n) is 4.47. The molecular formula is C23H23ClF3NO5. The number of aryl methyl sites for hydroxylation is 1. The molecule has 0 radical (unpaired) electrons. The molecule has 0 saturated heterocycles. The highest BCUT2D eigenvalue weighted by Crippen LogP contribution is 2.33. The highest BCUT2D eigenvalue weighted by atomic mass is 35.5. The van der Waals surface area contributed by atoms with Crippen LogP contribution in [0.2, 0.25) is 5.02 Å². The van der Waals surface area contributed by atoms with E-state index in [4.69, 9.17) is 25.9 Å². The summed E-state index contributed by atoms with van der Waals surface area (Å²) in [5.41, 5.74) is 2.09. The molecule has 0 aliphatic heterocycles. The van der Waals surface area contributed by atoms with Gasteiger partial charge in [-0.25, -0.2) is 9.18 Å². The molecule has 2 rings (SSSR count). The van der Waals surface area contributed by atoms with Crippen molar-refractivity contribution in [3.05, 3.63) is 69.7 Å². The van der Waals surface area contributed by atoms with E-state index >= 15 is 0 Å². The van der Waals surface area contributed by atoms with Crippen molar-refractivity contribution in [3.63, 3.8) is 0 Å². The minimum absolute atomic E-state index is 0.0574. The first-order valence-electron chi connectivity index (χ1n) is 9.62. The van der Waals surface area contributed by atoms with Gasteiger partial charge in [-0.2, -0.15) is 8.78 Å². The Morgan fingerprint density at radius 3 is 2.48 bits per heavy atom. The van der Waals surface area contributed by atoms with Crippen LogP contribution in [0, 0.1) is 12.7 Å². The Kier molecular flexibility index (Phi) is 8.76. The SMILES string of the molecule is CO/C=C(/C(=O)OC)c1cccc(C)c1CO/N=C(\C)c1ccc(Cl)c(F)c1OC(C)(F)F. The Morgan fingerprint density at radius 1 is 1.18 bits per heavy atom. The maximum Gasteiger partial charge on any atom is 0.395 e. The summed E-state index contributed by atoms with van der Waals surface area (Å²) in [5, 5.41) is 3.54. The number of benzene rings is 2. The Labute approximate surface area is 194 Å². The number of hydrogen-bond donors (Lipinski definition) is 0. The van der Waals surface area contributed by atoms with Crippen LogP contribution in [0.15, 0.2) is 41.7 Å². The number of alkyl halides is 2. The first-order valence-corrected chi connectivity index (χ1v) is 9.99. The van der Waals surface area contributed by atoms with Gasteiger partial charge in [0.15, 0.2) is 11.6 Å². The molecule has 2 aromatic rings. The number of carbonyl (C=O) groups is 1. The topological polar surface area (TPSA) is 66.4 Å². The third kappa shape index (κ3) is 6.64. The molecule has 10 heteroatoms. The fourth-order valence-electron chi connectivity index (χ4n) is 2.93. The summed E-state index contributed by atoms with van der Waals surface area (Å²) in [6.45, 7) is 3.64. The Balaban J connectivity index is 2.38. The van der Waals surface area contributed by atoms with Gasteiger partial charge in [-0.3, -0.25) is 0 Å². The van der Waals surface area contributed by atoms with Crippen molar-refractivity contribution in [3.8, 4) is 5.75 Å². The molecule has 0 amide bonds. The zero-order valence-electron chi connectivity index (χ0n) is 18.7. The minimum atomic E-state index is -3.64. The predicted octanol–water partition coefficient (Wildman–Crippen LogP) is 5.88. The number of nitrogens with zero attached hydrogens (tertiary/aromatic N) is 1. The van der Waals surface area contributed by atoms with Crippen molar-refractivity contribution in [1.29, 1.82) is 0 Å². The van der Waals surface area contributed by atoms with Crippen LogP contribution >= 0.6 is 11.6 Å². The molecule has 0 bridgehead atoms. The molecule has 0 unspecified atom stereocenters. The summed E-state index contributed by atoms with van der Waals surface area (Å²) >= 11 is 5.71. The number of carbonyl (C=O) groups excluding carboxylic acids is 1. The number of hydrogen-bond acceptors (Lipinski definition) is 6. The van der Waals surface area contributed by atoms with Gasteiger partial charge in [0.25, 0.3) is 0 Å². The highest BCUT2D eigenvalue weighted by Gasteiger charge is 2.28. The van der Waals surface area contributed by atoms with Gasteiger partial charge >= 0.3 is 12.1 Å². The number of methoxy groups -OCH3 is 2. The lowest BCUT2D eigenvalue weighted by atomic mass is 9.97. The quantitative estimate of drug-likeness (QED) is 0.146. The van der Waals surface area contributed by atoms with E-state index in [0.717, 1.165) is 5.56 Å². The summed E-state index contributed by atoms with van der Waals surface area (Å²) < 4.78 is 55.4. The van der Waals surface area contributed by atoms with E-state index in [1.54, 1.807) is 12.1 Å². The second-order valence-electron chi connectivity index (χ2n) is 6.96. The molecule has 0 aromatic heterocycles. The summed E-state index contributed by atoms with van der Waals surface area (Å²) in [7, 11) is 2.64. The molecule has 0 heterocycles. The molecule has 6 nitrogen and oxygen atoms in total. The van der Waals surface area contributed by atoms with Crippen LogP contribution in [0.3, 0.4) is 0 Å². The molecule has 178 valence electrons. The van der Waals surface area contributed by atoms with Gasteiger partial charge in [0.1, 0.15) is 12.2 Å². The van der Waals surface area contributed by atoms with E-state index in [2.05, 4.69) is 9.89 Å². The molecule has 0 fully saturated rings. The summed E-state index contributed by atoms with van der Waals surface area (Å²) in [6, 6.07) is 7.74. The van der Waals surface area contributed by atoms with Crippen LogP contribution < -0.4 is 4.74 Å².